The molecule has 0 atom stereocenters. The van der Waals surface area contributed by atoms with Crippen molar-refractivity contribution in [3.8, 4) is 0 Å². The van der Waals surface area contributed by atoms with Crippen molar-refractivity contribution in [3.05, 3.63) is 18.3 Å². The minimum atomic E-state index is 0.370. The minimum Gasteiger partial charge on any atom is -0.365 e. The van der Waals surface area contributed by atoms with Crippen LogP contribution in [-0.2, 0) is 7.05 Å². The van der Waals surface area contributed by atoms with Gasteiger partial charge in [0.15, 0.2) is 5.82 Å². The van der Waals surface area contributed by atoms with Crippen LogP contribution in [0.25, 0.3) is 11.0 Å². The second-order valence-electron chi connectivity index (χ2n) is 3.64. The number of nitrogens with zero attached hydrogens (tertiary/aromatic N) is 3. The van der Waals surface area contributed by atoms with Crippen LogP contribution in [0.1, 0.15) is 13.8 Å². The first kappa shape index (κ1) is 8.99. The summed E-state index contributed by atoms with van der Waals surface area (Å²) >= 11 is 0. The molecule has 1 N–H and O–H groups in total. The van der Waals surface area contributed by atoms with Gasteiger partial charge in [-0.2, -0.15) is 5.10 Å². The molecule has 0 aliphatic carbocycles. The molecule has 2 aromatic rings. The molecule has 0 spiro atoms. The van der Waals surface area contributed by atoms with Crippen molar-refractivity contribution in [2.75, 3.05) is 5.32 Å². The molecule has 0 aliphatic heterocycles. The van der Waals surface area contributed by atoms with Gasteiger partial charge in [0.05, 0.1) is 5.52 Å². The van der Waals surface area contributed by atoms with Gasteiger partial charge in [0, 0.05) is 19.3 Å². The summed E-state index contributed by atoms with van der Waals surface area (Å²) in [5.74, 6) is 0.859. The first-order chi connectivity index (χ1) is 6.68. The van der Waals surface area contributed by atoms with Crippen LogP contribution in [0, 0.1) is 0 Å². The summed E-state index contributed by atoms with van der Waals surface area (Å²) < 4.78 is 1.84. The molecule has 4 nitrogen and oxygen atoms in total. The Morgan fingerprint density at radius 1 is 1.43 bits per heavy atom. The Labute approximate surface area is 82.9 Å². The number of aromatic nitrogens is 3. The third kappa shape index (κ3) is 1.43. The Balaban J connectivity index is 2.55. The van der Waals surface area contributed by atoms with E-state index < -0.39 is 0 Å². The molecular weight excluding hydrogens is 176 g/mol. The number of rotatable bonds is 2. The third-order valence-corrected chi connectivity index (χ3v) is 2.03. The van der Waals surface area contributed by atoms with Crippen molar-refractivity contribution in [3.63, 3.8) is 0 Å². The van der Waals surface area contributed by atoms with Crippen LogP contribution in [0.2, 0.25) is 0 Å². The van der Waals surface area contributed by atoms with Gasteiger partial charge in [0.2, 0.25) is 0 Å². The minimum absolute atomic E-state index is 0.370. The van der Waals surface area contributed by atoms with Gasteiger partial charge in [-0.1, -0.05) is 0 Å². The number of aryl methyl sites for hydroxylation is 1. The third-order valence-electron chi connectivity index (χ3n) is 2.03. The fourth-order valence-corrected chi connectivity index (χ4v) is 1.46. The van der Waals surface area contributed by atoms with Gasteiger partial charge >= 0.3 is 0 Å². The lowest BCUT2D eigenvalue weighted by Gasteiger charge is -2.05. The second kappa shape index (κ2) is 3.29. The quantitative estimate of drug-likeness (QED) is 0.785. The average molecular weight is 190 g/mol. The van der Waals surface area contributed by atoms with Crippen molar-refractivity contribution >= 4 is 16.9 Å². The van der Waals surface area contributed by atoms with Gasteiger partial charge < -0.3 is 5.32 Å². The number of hydrogen-bond donors (Lipinski definition) is 1. The van der Waals surface area contributed by atoms with E-state index in [2.05, 4.69) is 29.2 Å². The Morgan fingerprint density at radius 2 is 2.21 bits per heavy atom. The smallest absolute Gasteiger partial charge is 0.174 e. The Morgan fingerprint density at radius 3 is 2.93 bits per heavy atom. The molecule has 0 saturated carbocycles. The Hall–Kier alpha value is -1.58. The van der Waals surface area contributed by atoms with Crippen LogP contribution in [0.5, 0.6) is 0 Å². The maximum absolute atomic E-state index is 4.37. The maximum atomic E-state index is 4.37. The van der Waals surface area contributed by atoms with Gasteiger partial charge in [-0.15, -0.1) is 0 Å². The summed E-state index contributed by atoms with van der Waals surface area (Å²) in [5.41, 5.74) is 1.99. The van der Waals surface area contributed by atoms with Gasteiger partial charge in [-0.25, -0.2) is 0 Å². The standard InChI is InChI=1S/C10H14N4/c1-7(2)12-10-9-8(14(3)13-10)5-4-6-11-9/h4-7H,1-3H3,(H,12,13). The second-order valence-corrected chi connectivity index (χ2v) is 3.64. The fourth-order valence-electron chi connectivity index (χ4n) is 1.46. The SMILES string of the molecule is CC(C)Nc1nn(C)c2cccnc12. The van der Waals surface area contributed by atoms with E-state index in [1.165, 1.54) is 0 Å². The molecule has 2 rings (SSSR count). The van der Waals surface area contributed by atoms with E-state index in [0.29, 0.717) is 6.04 Å². The molecule has 0 amide bonds. The monoisotopic (exact) mass is 190 g/mol. The normalized spacial score (nSPS) is 11.1. The van der Waals surface area contributed by atoms with Gasteiger partial charge in [-0.05, 0) is 26.0 Å². The van der Waals surface area contributed by atoms with E-state index in [0.717, 1.165) is 16.9 Å². The highest BCUT2D eigenvalue weighted by Gasteiger charge is 2.08. The molecule has 74 valence electrons. The van der Waals surface area contributed by atoms with E-state index in [4.69, 9.17) is 0 Å². The zero-order valence-electron chi connectivity index (χ0n) is 8.65. The van der Waals surface area contributed by atoms with Crippen LogP contribution in [0.3, 0.4) is 0 Å². The van der Waals surface area contributed by atoms with Crippen LogP contribution in [0.15, 0.2) is 18.3 Å². The molecule has 0 aliphatic rings. The zero-order valence-corrected chi connectivity index (χ0v) is 8.65. The molecule has 0 aromatic carbocycles. The lowest BCUT2D eigenvalue weighted by atomic mass is 10.3. The Bertz CT molecular complexity index is 444. The van der Waals surface area contributed by atoms with Gasteiger partial charge in [-0.3, -0.25) is 9.67 Å². The first-order valence-corrected chi connectivity index (χ1v) is 4.72. The molecule has 2 heterocycles. The topological polar surface area (TPSA) is 42.7 Å². The summed E-state index contributed by atoms with van der Waals surface area (Å²) in [5, 5.41) is 7.65. The molecule has 0 radical (unpaired) electrons. The van der Waals surface area contributed by atoms with Gasteiger partial charge in [0.1, 0.15) is 5.52 Å². The highest BCUT2D eigenvalue weighted by Crippen LogP contribution is 2.19. The van der Waals surface area contributed by atoms with Crippen molar-refractivity contribution in [2.24, 2.45) is 7.05 Å². The summed E-state index contributed by atoms with van der Waals surface area (Å²) in [7, 11) is 1.93. The highest BCUT2D eigenvalue weighted by atomic mass is 15.3. The molecule has 0 fully saturated rings. The van der Waals surface area contributed by atoms with E-state index in [1.807, 2.05) is 23.9 Å². The molecule has 2 aromatic heterocycles. The van der Waals surface area contributed by atoms with Crippen molar-refractivity contribution in [1.82, 2.24) is 14.8 Å². The lowest BCUT2D eigenvalue weighted by Crippen LogP contribution is -2.10. The highest BCUT2D eigenvalue weighted by molar-refractivity contribution is 5.86. The van der Waals surface area contributed by atoms with Crippen molar-refractivity contribution in [1.29, 1.82) is 0 Å². The van der Waals surface area contributed by atoms with Crippen molar-refractivity contribution in [2.45, 2.75) is 19.9 Å². The van der Waals surface area contributed by atoms with E-state index in [1.54, 1.807) is 6.20 Å². The molecule has 0 saturated heterocycles. The van der Waals surface area contributed by atoms with E-state index in [9.17, 15) is 0 Å². The summed E-state index contributed by atoms with van der Waals surface area (Å²) in [6.07, 6.45) is 1.79. The lowest BCUT2D eigenvalue weighted by molar-refractivity contribution is 0.786. The number of fused-ring (bicyclic) bond motifs is 1. The van der Waals surface area contributed by atoms with Crippen LogP contribution < -0.4 is 5.32 Å². The Kier molecular flexibility index (Phi) is 2.11. The van der Waals surface area contributed by atoms with Crippen LogP contribution in [-0.4, -0.2) is 20.8 Å². The molecule has 0 bridgehead atoms. The fraction of sp³-hybridized carbons (Fsp3) is 0.400. The molecule has 14 heavy (non-hydrogen) atoms. The van der Waals surface area contributed by atoms with Gasteiger partial charge in [0.25, 0.3) is 0 Å². The number of hydrogen-bond acceptors (Lipinski definition) is 3. The summed E-state index contributed by atoms with van der Waals surface area (Å²) in [6.45, 7) is 4.17. The summed E-state index contributed by atoms with van der Waals surface area (Å²) in [4.78, 5) is 4.31. The largest absolute Gasteiger partial charge is 0.365 e. The number of pyridine rings is 1. The zero-order chi connectivity index (χ0) is 10.1. The first-order valence-electron chi connectivity index (χ1n) is 4.72. The summed E-state index contributed by atoms with van der Waals surface area (Å²) in [6, 6.07) is 4.30. The molecular formula is C10H14N4. The number of nitrogens with one attached hydrogen (secondary N) is 1. The molecule has 0 unspecified atom stereocenters. The van der Waals surface area contributed by atoms with Crippen LogP contribution in [0.4, 0.5) is 5.82 Å². The van der Waals surface area contributed by atoms with Crippen LogP contribution >= 0.6 is 0 Å². The molecule has 4 heteroatoms. The van der Waals surface area contributed by atoms with Crippen molar-refractivity contribution < 1.29 is 0 Å². The van der Waals surface area contributed by atoms with E-state index in [-0.39, 0.29) is 0 Å². The number of anilines is 1. The maximum Gasteiger partial charge on any atom is 0.174 e. The predicted octanol–water partition coefficient (Wildman–Crippen LogP) is 1.79. The average Bonchev–Trinajstić information content (AvgIpc) is 2.44. The predicted molar refractivity (Wildman–Crippen MR) is 57.3 cm³/mol. The van der Waals surface area contributed by atoms with E-state index >= 15 is 0 Å².